The van der Waals surface area contributed by atoms with Crippen LogP contribution in [-0.4, -0.2) is 35.5 Å². The highest BCUT2D eigenvalue weighted by Gasteiger charge is 2.24. The molecule has 1 amide bonds. The van der Waals surface area contributed by atoms with Gasteiger partial charge in [0.2, 0.25) is 5.91 Å². The van der Waals surface area contributed by atoms with Gasteiger partial charge in [-0.05, 0) is 30.4 Å². The lowest BCUT2D eigenvalue weighted by molar-refractivity contribution is -0.121. The number of nitrogens with one attached hydrogen (secondary N) is 1. The van der Waals surface area contributed by atoms with Gasteiger partial charge in [0, 0.05) is 6.54 Å². The van der Waals surface area contributed by atoms with Gasteiger partial charge in [0.25, 0.3) is 0 Å². The zero-order valence-corrected chi connectivity index (χ0v) is 13.1. The van der Waals surface area contributed by atoms with Crippen molar-refractivity contribution in [1.29, 1.82) is 0 Å². The summed E-state index contributed by atoms with van der Waals surface area (Å²) in [5.74, 6) is 0.0647. The van der Waals surface area contributed by atoms with Gasteiger partial charge in [-0.2, -0.15) is 11.8 Å². The van der Waals surface area contributed by atoms with Gasteiger partial charge in [-0.15, -0.1) is 0 Å². The number of unbranched alkanes of at least 4 members (excludes halogenated alkanes) is 2. The summed E-state index contributed by atoms with van der Waals surface area (Å²) in [5.41, 5.74) is 6.37. The Balaban J connectivity index is 2.54. The maximum absolute atomic E-state index is 12.2. The lowest BCUT2D eigenvalue weighted by Gasteiger charge is -2.15. The van der Waals surface area contributed by atoms with Crippen molar-refractivity contribution in [3.63, 3.8) is 0 Å². The molecule has 0 aliphatic carbocycles. The lowest BCUT2D eigenvalue weighted by atomic mass is 9.97. The highest BCUT2D eigenvalue weighted by molar-refractivity contribution is 7.98. The van der Waals surface area contributed by atoms with Gasteiger partial charge in [0.1, 0.15) is 5.92 Å². The van der Waals surface area contributed by atoms with E-state index >= 15 is 0 Å². The number of carbonyl (C=O) groups excluding carboxylic acids is 1. The van der Waals surface area contributed by atoms with Crippen molar-refractivity contribution >= 4 is 23.5 Å². The van der Waals surface area contributed by atoms with Crippen LogP contribution in [0.5, 0.6) is 0 Å². The summed E-state index contributed by atoms with van der Waals surface area (Å²) in [4.78, 5) is 12.2. The van der Waals surface area contributed by atoms with Crippen molar-refractivity contribution in [2.24, 2.45) is 10.9 Å². The number of benzene rings is 1. The number of nitrogens with zero attached hydrogens (tertiary/aromatic N) is 1. The molecule has 0 radical (unpaired) electrons. The largest absolute Gasteiger partial charge is 0.409 e. The number of carbonyl (C=O) groups is 1. The van der Waals surface area contributed by atoms with Crippen LogP contribution < -0.4 is 11.1 Å². The third-order valence-electron chi connectivity index (χ3n) is 3.13. The number of oxime groups is 1. The molecule has 1 unspecified atom stereocenters. The Morgan fingerprint density at radius 1 is 1.33 bits per heavy atom. The zero-order chi connectivity index (χ0) is 15.5. The van der Waals surface area contributed by atoms with Crippen LogP contribution in [0.15, 0.2) is 35.5 Å². The van der Waals surface area contributed by atoms with E-state index < -0.39 is 5.92 Å². The van der Waals surface area contributed by atoms with E-state index in [1.165, 1.54) is 0 Å². The summed E-state index contributed by atoms with van der Waals surface area (Å²) in [7, 11) is 0. The average Bonchev–Trinajstić information content (AvgIpc) is 2.51. The van der Waals surface area contributed by atoms with Gasteiger partial charge < -0.3 is 16.3 Å². The Labute approximate surface area is 130 Å². The van der Waals surface area contributed by atoms with Gasteiger partial charge >= 0.3 is 0 Å². The third kappa shape index (κ3) is 6.08. The van der Waals surface area contributed by atoms with Crippen LogP contribution >= 0.6 is 11.8 Å². The molecular weight excluding hydrogens is 286 g/mol. The molecule has 5 nitrogen and oxygen atoms in total. The number of amides is 1. The second kappa shape index (κ2) is 10.1. The van der Waals surface area contributed by atoms with Crippen LogP contribution in [0.25, 0.3) is 0 Å². The minimum Gasteiger partial charge on any atom is -0.409 e. The maximum atomic E-state index is 12.2. The van der Waals surface area contributed by atoms with E-state index in [1.807, 2.05) is 30.0 Å². The maximum Gasteiger partial charge on any atom is 0.235 e. The second-order valence-corrected chi connectivity index (χ2v) is 5.70. The van der Waals surface area contributed by atoms with Crippen molar-refractivity contribution in [1.82, 2.24) is 5.32 Å². The first-order valence-electron chi connectivity index (χ1n) is 6.99. The summed E-state index contributed by atoms with van der Waals surface area (Å²) >= 11 is 1.83. The number of nitrogens with two attached hydrogens (primary N) is 1. The number of thioether (sulfide) groups is 1. The SMILES string of the molecule is CSCCCCCNC(=O)C(/C(N)=N/O)c1ccccc1. The smallest absolute Gasteiger partial charge is 0.235 e. The topological polar surface area (TPSA) is 87.7 Å². The molecule has 21 heavy (non-hydrogen) atoms. The van der Waals surface area contributed by atoms with E-state index in [1.54, 1.807) is 12.1 Å². The van der Waals surface area contributed by atoms with E-state index in [0.29, 0.717) is 12.1 Å². The quantitative estimate of drug-likeness (QED) is 0.214. The molecule has 4 N–H and O–H groups in total. The van der Waals surface area contributed by atoms with Gasteiger partial charge in [-0.25, -0.2) is 0 Å². The molecule has 0 aromatic heterocycles. The molecule has 0 saturated carbocycles. The first-order valence-corrected chi connectivity index (χ1v) is 8.39. The van der Waals surface area contributed by atoms with Gasteiger partial charge in [0.05, 0.1) is 0 Å². The Kier molecular flexibility index (Phi) is 8.35. The van der Waals surface area contributed by atoms with Crippen LogP contribution in [0.1, 0.15) is 30.7 Å². The minimum atomic E-state index is -0.748. The predicted molar refractivity (Wildman–Crippen MR) is 87.8 cm³/mol. The van der Waals surface area contributed by atoms with E-state index in [9.17, 15) is 4.79 Å². The highest BCUT2D eigenvalue weighted by Crippen LogP contribution is 2.16. The standard InChI is InChI=1S/C15H23N3O2S/c1-21-11-7-3-6-10-17-15(19)13(14(16)18-20)12-8-4-2-5-9-12/h2,4-5,8-9,13,20H,3,6-7,10-11H2,1H3,(H2,16,18)(H,17,19). The monoisotopic (exact) mass is 309 g/mol. The molecule has 0 bridgehead atoms. The summed E-state index contributed by atoms with van der Waals surface area (Å²) in [6.45, 7) is 0.606. The average molecular weight is 309 g/mol. The molecule has 1 rings (SSSR count). The van der Waals surface area contributed by atoms with Crippen molar-refractivity contribution in [3.05, 3.63) is 35.9 Å². The molecule has 1 atom stereocenters. The third-order valence-corrected chi connectivity index (χ3v) is 3.83. The second-order valence-electron chi connectivity index (χ2n) is 4.71. The van der Waals surface area contributed by atoms with Crippen LogP contribution in [0, 0.1) is 0 Å². The number of hydrogen-bond donors (Lipinski definition) is 3. The number of rotatable bonds is 9. The van der Waals surface area contributed by atoms with Gasteiger partial charge in [0.15, 0.2) is 5.84 Å². The first kappa shape index (κ1) is 17.4. The van der Waals surface area contributed by atoms with Crippen LogP contribution in [-0.2, 0) is 4.79 Å². The molecule has 0 spiro atoms. The van der Waals surface area contributed by atoms with E-state index in [4.69, 9.17) is 10.9 Å². The first-order chi connectivity index (χ1) is 10.2. The van der Waals surface area contributed by atoms with E-state index in [2.05, 4.69) is 16.7 Å². The minimum absolute atomic E-state index is 0.0962. The van der Waals surface area contributed by atoms with E-state index in [0.717, 1.165) is 25.0 Å². The van der Waals surface area contributed by atoms with Crippen LogP contribution in [0.2, 0.25) is 0 Å². The zero-order valence-electron chi connectivity index (χ0n) is 12.3. The normalized spacial score (nSPS) is 12.9. The molecule has 1 aromatic carbocycles. The summed E-state index contributed by atoms with van der Waals surface area (Å²) < 4.78 is 0. The molecular formula is C15H23N3O2S. The lowest BCUT2D eigenvalue weighted by Crippen LogP contribution is -2.37. The number of hydrogen-bond acceptors (Lipinski definition) is 4. The molecule has 6 heteroatoms. The molecule has 116 valence electrons. The van der Waals surface area contributed by atoms with Gasteiger partial charge in [-0.1, -0.05) is 41.9 Å². The predicted octanol–water partition coefficient (Wildman–Crippen LogP) is 2.17. The van der Waals surface area contributed by atoms with Crippen molar-refractivity contribution in [2.75, 3.05) is 18.6 Å². The Bertz CT molecular complexity index is 451. The summed E-state index contributed by atoms with van der Waals surface area (Å²) in [6, 6.07) is 9.09. The fraction of sp³-hybridized carbons (Fsp3) is 0.467. The molecule has 0 fully saturated rings. The molecule has 1 aromatic rings. The molecule has 0 heterocycles. The Hall–Kier alpha value is -1.69. The van der Waals surface area contributed by atoms with Crippen molar-refractivity contribution in [3.8, 4) is 0 Å². The summed E-state index contributed by atoms with van der Waals surface area (Å²) in [5, 5.41) is 14.7. The molecule has 0 aliphatic heterocycles. The van der Waals surface area contributed by atoms with Crippen molar-refractivity contribution in [2.45, 2.75) is 25.2 Å². The Morgan fingerprint density at radius 3 is 2.67 bits per heavy atom. The fourth-order valence-electron chi connectivity index (χ4n) is 2.02. The van der Waals surface area contributed by atoms with E-state index in [-0.39, 0.29) is 11.7 Å². The summed E-state index contributed by atoms with van der Waals surface area (Å²) in [6.07, 6.45) is 5.26. The highest BCUT2D eigenvalue weighted by atomic mass is 32.2. The number of amidine groups is 1. The van der Waals surface area contributed by atoms with Crippen LogP contribution in [0.3, 0.4) is 0 Å². The van der Waals surface area contributed by atoms with Crippen molar-refractivity contribution < 1.29 is 10.0 Å². The molecule has 0 aliphatic rings. The van der Waals surface area contributed by atoms with Gasteiger partial charge in [-0.3, -0.25) is 4.79 Å². The Morgan fingerprint density at radius 2 is 2.05 bits per heavy atom. The van der Waals surface area contributed by atoms with Crippen LogP contribution in [0.4, 0.5) is 0 Å². The fourth-order valence-corrected chi connectivity index (χ4v) is 2.51. The molecule has 0 saturated heterocycles.